The second-order valence-electron chi connectivity index (χ2n) is 4.99. The SMILES string of the molecule is O=C(CNS(=O)(=O)c1cccc(F)c1)OCC(=O)c1ccc(F)c(F)c1. The van der Waals surface area contributed by atoms with Gasteiger partial charge >= 0.3 is 5.97 Å². The molecule has 10 heteroatoms. The maximum absolute atomic E-state index is 13.0. The molecule has 2 rings (SSSR count). The molecular formula is C16H12F3NO5S. The summed E-state index contributed by atoms with van der Waals surface area (Å²) in [4.78, 5) is 22.9. The van der Waals surface area contributed by atoms with Crippen LogP contribution in [-0.2, 0) is 19.6 Å². The average Bonchev–Trinajstić information content (AvgIpc) is 2.60. The minimum absolute atomic E-state index is 0.211. The molecule has 0 saturated heterocycles. The minimum atomic E-state index is -4.15. The Labute approximate surface area is 146 Å². The van der Waals surface area contributed by atoms with E-state index in [1.165, 1.54) is 6.07 Å². The molecule has 0 aliphatic heterocycles. The van der Waals surface area contributed by atoms with Crippen LogP contribution in [0.4, 0.5) is 13.2 Å². The van der Waals surface area contributed by atoms with Crippen molar-refractivity contribution < 1.29 is 35.9 Å². The van der Waals surface area contributed by atoms with Crippen molar-refractivity contribution in [2.75, 3.05) is 13.2 Å². The van der Waals surface area contributed by atoms with Crippen molar-refractivity contribution >= 4 is 21.8 Å². The Balaban J connectivity index is 1.88. The van der Waals surface area contributed by atoms with E-state index in [0.717, 1.165) is 30.3 Å². The minimum Gasteiger partial charge on any atom is -0.456 e. The van der Waals surface area contributed by atoms with E-state index in [1.54, 1.807) is 0 Å². The lowest BCUT2D eigenvalue weighted by molar-refractivity contribution is -0.141. The first-order valence-corrected chi connectivity index (χ1v) is 8.56. The van der Waals surface area contributed by atoms with Gasteiger partial charge in [-0.25, -0.2) is 21.6 Å². The number of esters is 1. The monoisotopic (exact) mass is 387 g/mol. The highest BCUT2D eigenvalue weighted by Gasteiger charge is 2.18. The number of carbonyl (C=O) groups is 2. The number of Topliss-reactive ketones (excluding diaryl/α,β-unsaturated/α-hetero) is 1. The van der Waals surface area contributed by atoms with Crippen molar-refractivity contribution in [1.82, 2.24) is 4.72 Å². The number of ether oxygens (including phenoxy) is 1. The Morgan fingerprint density at radius 1 is 1.00 bits per heavy atom. The molecule has 0 aliphatic rings. The van der Waals surface area contributed by atoms with Gasteiger partial charge in [0.05, 0.1) is 4.90 Å². The quantitative estimate of drug-likeness (QED) is 0.578. The van der Waals surface area contributed by atoms with Crippen LogP contribution in [0.25, 0.3) is 0 Å². The lowest BCUT2D eigenvalue weighted by atomic mass is 10.1. The van der Waals surface area contributed by atoms with Crippen LogP contribution < -0.4 is 4.72 Å². The molecule has 0 saturated carbocycles. The molecule has 0 aromatic heterocycles. The van der Waals surface area contributed by atoms with Gasteiger partial charge < -0.3 is 4.74 Å². The molecule has 1 N–H and O–H groups in total. The predicted molar refractivity (Wildman–Crippen MR) is 83.2 cm³/mol. The zero-order valence-corrected chi connectivity index (χ0v) is 13.9. The highest BCUT2D eigenvalue weighted by atomic mass is 32.2. The summed E-state index contributed by atoms with van der Waals surface area (Å²) in [6.45, 7) is -1.59. The van der Waals surface area contributed by atoms with Gasteiger partial charge in [0.25, 0.3) is 0 Å². The highest BCUT2D eigenvalue weighted by molar-refractivity contribution is 7.89. The third-order valence-electron chi connectivity index (χ3n) is 3.12. The Kier molecular flexibility index (Phi) is 6.11. The summed E-state index contributed by atoms with van der Waals surface area (Å²) in [7, 11) is -4.15. The average molecular weight is 387 g/mol. The number of hydrogen-bond acceptors (Lipinski definition) is 5. The van der Waals surface area contributed by atoms with Gasteiger partial charge in [0.1, 0.15) is 12.4 Å². The van der Waals surface area contributed by atoms with Crippen molar-refractivity contribution in [2.24, 2.45) is 0 Å². The number of benzene rings is 2. The van der Waals surface area contributed by atoms with E-state index in [4.69, 9.17) is 0 Å². The van der Waals surface area contributed by atoms with Crippen LogP contribution in [0.1, 0.15) is 10.4 Å². The van der Waals surface area contributed by atoms with E-state index in [9.17, 15) is 31.2 Å². The van der Waals surface area contributed by atoms with Gasteiger partial charge in [-0.2, -0.15) is 4.72 Å². The maximum atomic E-state index is 13.0. The fourth-order valence-corrected chi connectivity index (χ4v) is 2.82. The van der Waals surface area contributed by atoms with E-state index in [2.05, 4.69) is 4.74 Å². The van der Waals surface area contributed by atoms with Gasteiger partial charge in [-0.15, -0.1) is 0 Å². The van der Waals surface area contributed by atoms with Gasteiger partial charge in [-0.05, 0) is 36.4 Å². The smallest absolute Gasteiger partial charge is 0.321 e. The van der Waals surface area contributed by atoms with Crippen LogP contribution in [0, 0.1) is 17.5 Å². The maximum Gasteiger partial charge on any atom is 0.321 e. The van der Waals surface area contributed by atoms with Crippen LogP contribution in [-0.4, -0.2) is 33.3 Å². The molecule has 6 nitrogen and oxygen atoms in total. The van der Waals surface area contributed by atoms with Crippen LogP contribution in [0.15, 0.2) is 47.4 Å². The molecule has 138 valence electrons. The lowest BCUT2D eigenvalue weighted by Crippen LogP contribution is -2.31. The Hall–Kier alpha value is -2.72. The van der Waals surface area contributed by atoms with E-state index in [-0.39, 0.29) is 10.5 Å². The Morgan fingerprint density at radius 2 is 1.73 bits per heavy atom. The zero-order valence-electron chi connectivity index (χ0n) is 13.0. The molecule has 0 aliphatic carbocycles. The van der Waals surface area contributed by atoms with Crippen molar-refractivity contribution in [3.05, 3.63) is 65.5 Å². The fraction of sp³-hybridized carbons (Fsp3) is 0.125. The van der Waals surface area contributed by atoms with E-state index >= 15 is 0 Å². The largest absolute Gasteiger partial charge is 0.456 e. The molecule has 0 fully saturated rings. The first-order chi connectivity index (χ1) is 12.2. The summed E-state index contributed by atoms with van der Waals surface area (Å²) in [5, 5.41) is 0. The predicted octanol–water partition coefficient (Wildman–Crippen LogP) is 1.81. The van der Waals surface area contributed by atoms with E-state index < -0.39 is 52.4 Å². The molecule has 2 aromatic rings. The first-order valence-electron chi connectivity index (χ1n) is 7.08. The van der Waals surface area contributed by atoms with Crippen LogP contribution >= 0.6 is 0 Å². The molecule has 2 aromatic carbocycles. The molecule has 26 heavy (non-hydrogen) atoms. The van der Waals surface area contributed by atoms with Crippen LogP contribution in [0.2, 0.25) is 0 Å². The van der Waals surface area contributed by atoms with E-state index in [1.807, 2.05) is 4.72 Å². The summed E-state index contributed by atoms with van der Waals surface area (Å²) in [6, 6.07) is 6.54. The summed E-state index contributed by atoms with van der Waals surface area (Å²) in [6.07, 6.45) is 0. The molecule has 0 amide bonds. The molecule has 0 unspecified atom stereocenters. The number of sulfonamides is 1. The van der Waals surface area contributed by atoms with Crippen LogP contribution in [0.3, 0.4) is 0 Å². The second-order valence-corrected chi connectivity index (χ2v) is 6.76. The number of ketones is 1. The number of nitrogens with one attached hydrogen (secondary N) is 1. The second kappa shape index (κ2) is 8.11. The number of halogens is 3. The molecule has 0 bridgehead atoms. The van der Waals surface area contributed by atoms with Crippen molar-refractivity contribution in [2.45, 2.75) is 4.90 Å². The highest BCUT2D eigenvalue weighted by Crippen LogP contribution is 2.11. The zero-order chi connectivity index (χ0) is 19.3. The molecule has 0 heterocycles. The lowest BCUT2D eigenvalue weighted by Gasteiger charge is -2.07. The normalized spacial score (nSPS) is 11.2. The summed E-state index contributed by atoms with van der Waals surface area (Å²) < 4.78 is 69.1. The number of hydrogen-bond donors (Lipinski definition) is 1. The summed E-state index contributed by atoms with van der Waals surface area (Å²) in [5.74, 6) is -5.02. The number of rotatable bonds is 7. The Bertz CT molecular complexity index is 947. The van der Waals surface area contributed by atoms with Gasteiger partial charge in [0, 0.05) is 5.56 Å². The molecule has 0 atom stereocenters. The van der Waals surface area contributed by atoms with Gasteiger partial charge in [0.15, 0.2) is 24.0 Å². The molecule has 0 radical (unpaired) electrons. The van der Waals surface area contributed by atoms with Crippen molar-refractivity contribution in [1.29, 1.82) is 0 Å². The Morgan fingerprint density at radius 3 is 2.38 bits per heavy atom. The van der Waals surface area contributed by atoms with Crippen LogP contribution in [0.5, 0.6) is 0 Å². The van der Waals surface area contributed by atoms with Crippen molar-refractivity contribution in [3.8, 4) is 0 Å². The molecule has 0 spiro atoms. The topological polar surface area (TPSA) is 89.5 Å². The standard InChI is InChI=1S/C16H12F3NO5S/c17-11-2-1-3-12(7-11)26(23,24)20-8-16(22)25-9-15(21)10-4-5-13(18)14(19)6-10/h1-7,20H,8-9H2. The van der Waals surface area contributed by atoms with Crippen molar-refractivity contribution in [3.63, 3.8) is 0 Å². The third kappa shape index (κ3) is 5.14. The summed E-state index contributed by atoms with van der Waals surface area (Å²) in [5.41, 5.74) is -0.211. The van der Waals surface area contributed by atoms with Gasteiger partial charge in [-0.3, -0.25) is 9.59 Å². The van der Waals surface area contributed by atoms with Gasteiger partial charge in [-0.1, -0.05) is 6.07 Å². The summed E-state index contributed by atoms with van der Waals surface area (Å²) >= 11 is 0. The molecular weight excluding hydrogens is 375 g/mol. The van der Waals surface area contributed by atoms with Gasteiger partial charge in [0.2, 0.25) is 10.0 Å². The van der Waals surface area contributed by atoms with E-state index in [0.29, 0.717) is 6.07 Å². The number of carbonyl (C=O) groups excluding carboxylic acids is 2. The third-order valence-corrected chi connectivity index (χ3v) is 4.52. The fourth-order valence-electron chi connectivity index (χ4n) is 1.82. The first kappa shape index (κ1) is 19.6.